The van der Waals surface area contributed by atoms with Gasteiger partial charge in [0.15, 0.2) is 0 Å². The number of aryl methyl sites for hydroxylation is 1. The van der Waals surface area contributed by atoms with Gasteiger partial charge in [0.05, 0.1) is 7.11 Å². The molecule has 0 radical (unpaired) electrons. The van der Waals surface area contributed by atoms with Gasteiger partial charge in [0.1, 0.15) is 5.75 Å². The fraction of sp³-hybridized carbons (Fsp3) is 0.579. The first-order valence-corrected chi connectivity index (χ1v) is 8.87. The quantitative estimate of drug-likeness (QED) is 0.869. The summed E-state index contributed by atoms with van der Waals surface area (Å²) in [5.74, 6) is 1.52. The maximum Gasteiger partial charge on any atom is 0.225 e. The Morgan fingerprint density at radius 1 is 1.21 bits per heavy atom. The predicted molar refractivity (Wildman–Crippen MR) is 91.8 cm³/mol. The van der Waals surface area contributed by atoms with Crippen molar-refractivity contribution in [2.75, 3.05) is 20.2 Å². The highest BCUT2D eigenvalue weighted by molar-refractivity contribution is 5.81. The van der Waals surface area contributed by atoms with E-state index < -0.39 is 0 Å². The molecule has 1 saturated carbocycles. The monoisotopic (exact) mass is 330 g/mol. The van der Waals surface area contributed by atoms with Crippen molar-refractivity contribution in [1.29, 1.82) is 0 Å². The number of piperidine rings is 1. The van der Waals surface area contributed by atoms with Crippen molar-refractivity contribution >= 4 is 11.8 Å². The minimum atomic E-state index is 0.0878. The van der Waals surface area contributed by atoms with E-state index in [9.17, 15) is 9.59 Å². The first-order valence-electron chi connectivity index (χ1n) is 8.87. The summed E-state index contributed by atoms with van der Waals surface area (Å²) in [6.45, 7) is 1.55. The molecule has 5 nitrogen and oxygen atoms in total. The van der Waals surface area contributed by atoms with E-state index >= 15 is 0 Å². The maximum atomic E-state index is 12.1. The Hall–Kier alpha value is -2.04. The van der Waals surface area contributed by atoms with Gasteiger partial charge in [0.2, 0.25) is 11.8 Å². The first-order chi connectivity index (χ1) is 11.7. The van der Waals surface area contributed by atoms with Gasteiger partial charge in [-0.1, -0.05) is 12.1 Å². The minimum absolute atomic E-state index is 0.0878. The van der Waals surface area contributed by atoms with E-state index in [-0.39, 0.29) is 11.9 Å². The number of carbonyl (C=O) groups is 2. The number of methoxy groups -OCH3 is 1. The number of benzene rings is 1. The summed E-state index contributed by atoms with van der Waals surface area (Å²) in [6.07, 6.45) is 5.03. The van der Waals surface area contributed by atoms with E-state index in [1.54, 1.807) is 7.11 Å². The third kappa shape index (κ3) is 4.49. The molecular formula is C19H26N2O3. The molecule has 1 aliphatic heterocycles. The molecule has 1 aliphatic carbocycles. The highest BCUT2D eigenvalue weighted by Gasteiger charge is 2.35. The zero-order chi connectivity index (χ0) is 16.9. The molecule has 1 saturated heterocycles. The third-order valence-corrected chi connectivity index (χ3v) is 4.87. The van der Waals surface area contributed by atoms with Gasteiger partial charge in [-0.3, -0.25) is 9.59 Å². The van der Waals surface area contributed by atoms with Gasteiger partial charge in [-0.15, -0.1) is 0 Å². The van der Waals surface area contributed by atoms with Gasteiger partial charge in [-0.05, 0) is 49.8 Å². The average molecular weight is 330 g/mol. The normalized spacial score (nSPS) is 18.3. The molecule has 0 aromatic heterocycles. The maximum absolute atomic E-state index is 12.1. The molecule has 2 amide bonds. The van der Waals surface area contributed by atoms with Crippen LogP contribution in [0.15, 0.2) is 24.3 Å². The lowest BCUT2D eigenvalue weighted by molar-refractivity contribution is -0.133. The molecule has 1 N–H and O–H groups in total. The molecule has 1 aromatic rings. The Balaban J connectivity index is 1.38. The number of ether oxygens (including phenoxy) is 1. The molecule has 1 heterocycles. The largest absolute Gasteiger partial charge is 0.497 e. The molecule has 2 fully saturated rings. The van der Waals surface area contributed by atoms with E-state index in [2.05, 4.69) is 5.32 Å². The van der Waals surface area contributed by atoms with Crippen LogP contribution in [0.2, 0.25) is 0 Å². The number of carbonyl (C=O) groups excluding carboxylic acids is 2. The van der Waals surface area contributed by atoms with Crippen LogP contribution in [0.3, 0.4) is 0 Å². The van der Waals surface area contributed by atoms with Crippen molar-refractivity contribution in [2.24, 2.45) is 5.92 Å². The van der Waals surface area contributed by atoms with Gasteiger partial charge in [0, 0.05) is 31.5 Å². The summed E-state index contributed by atoms with van der Waals surface area (Å²) in [5.41, 5.74) is 1.11. The van der Waals surface area contributed by atoms with Gasteiger partial charge in [0.25, 0.3) is 0 Å². The second-order valence-corrected chi connectivity index (χ2v) is 6.79. The van der Waals surface area contributed by atoms with E-state index in [0.29, 0.717) is 24.7 Å². The topological polar surface area (TPSA) is 58.6 Å². The highest BCUT2D eigenvalue weighted by Crippen LogP contribution is 2.31. The summed E-state index contributed by atoms with van der Waals surface area (Å²) < 4.78 is 5.20. The standard InChI is InChI=1S/C19H26N2O3/c1-24-17-4-2-3-14(13-17)5-8-18(22)20-16-9-11-21(12-10-16)19(23)15-6-7-15/h2-4,13,15-16H,5-12H2,1H3,(H,20,22). The van der Waals surface area contributed by atoms with Crippen molar-refractivity contribution in [3.8, 4) is 5.75 Å². The Bertz CT molecular complexity index is 590. The number of hydrogen-bond donors (Lipinski definition) is 1. The van der Waals surface area contributed by atoms with Crippen molar-refractivity contribution < 1.29 is 14.3 Å². The lowest BCUT2D eigenvalue weighted by atomic mass is 10.0. The van der Waals surface area contributed by atoms with Crippen LogP contribution in [0.4, 0.5) is 0 Å². The number of amides is 2. The Morgan fingerprint density at radius 2 is 1.96 bits per heavy atom. The summed E-state index contributed by atoms with van der Waals surface area (Å²) in [6, 6.07) is 8.03. The molecule has 5 heteroatoms. The van der Waals surface area contributed by atoms with Crippen LogP contribution in [0, 0.1) is 5.92 Å². The molecule has 0 atom stereocenters. The first kappa shape index (κ1) is 16.8. The van der Waals surface area contributed by atoms with E-state index in [1.165, 1.54) is 0 Å². The number of rotatable bonds is 6. The Morgan fingerprint density at radius 3 is 2.62 bits per heavy atom. The summed E-state index contributed by atoms with van der Waals surface area (Å²) in [4.78, 5) is 26.1. The molecular weight excluding hydrogens is 304 g/mol. The van der Waals surface area contributed by atoms with Crippen LogP contribution < -0.4 is 10.1 Å². The SMILES string of the molecule is COc1cccc(CCC(=O)NC2CCN(C(=O)C3CC3)CC2)c1. The predicted octanol–water partition coefficient (Wildman–Crippen LogP) is 2.14. The number of nitrogens with zero attached hydrogens (tertiary/aromatic N) is 1. The third-order valence-electron chi connectivity index (χ3n) is 4.87. The lowest BCUT2D eigenvalue weighted by Gasteiger charge is -2.32. The van der Waals surface area contributed by atoms with E-state index in [0.717, 1.165) is 50.1 Å². The number of likely N-dealkylation sites (tertiary alicyclic amines) is 1. The lowest BCUT2D eigenvalue weighted by Crippen LogP contribution is -2.47. The molecule has 24 heavy (non-hydrogen) atoms. The van der Waals surface area contributed by atoms with Crippen LogP contribution in [0.5, 0.6) is 5.75 Å². The second kappa shape index (κ2) is 7.69. The highest BCUT2D eigenvalue weighted by atomic mass is 16.5. The smallest absolute Gasteiger partial charge is 0.225 e. The van der Waals surface area contributed by atoms with Crippen LogP contribution in [-0.4, -0.2) is 43.0 Å². The fourth-order valence-corrected chi connectivity index (χ4v) is 3.22. The van der Waals surface area contributed by atoms with Crippen LogP contribution in [0.25, 0.3) is 0 Å². The average Bonchev–Trinajstić information content (AvgIpc) is 3.45. The van der Waals surface area contributed by atoms with Crippen LogP contribution in [-0.2, 0) is 16.0 Å². The molecule has 1 aromatic carbocycles. The van der Waals surface area contributed by atoms with E-state index in [4.69, 9.17) is 4.74 Å². The van der Waals surface area contributed by atoms with Crippen molar-refractivity contribution in [2.45, 2.75) is 44.6 Å². The zero-order valence-electron chi connectivity index (χ0n) is 14.3. The molecule has 0 spiro atoms. The van der Waals surface area contributed by atoms with Gasteiger partial charge >= 0.3 is 0 Å². The minimum Gasteiger partial charge on any atom is -0.497 e. The molecule has 2 aliphatic rings. The van der Waals surface area contributed by atoms with Crippen molar-refractivity contribution in [3.63, 3.8) is 0 Å². The second-order valence-electron chi connectivity index (χ2n) is 6.79. The van der Waals surface area contributed by atoms with Gasteiger partial charge in [-0.25, -0.2) is 0 Å². The van der Waals surface area contributed by atoms with E-state index in [1.807, 2.05) is 29.2 Å². The zero-order valence-corrected chi connectivity index (χ0v) is 14.3. The molecule has 0 unspecified atom stereocenters. The van der Waals surface area contributed by atoms with Gasteiger partial charge in [-0.2, -0.15) is 0 Å². The van der Waals surface area contributed by atoms with Crippen LogP contribution >= 0.6 is 0 Å². The molecule has 130 valence electrons. The number of nitrogens with one attached hydrogen (secondary N) is 1. The summed E-state index contributed by atoms with van der Waals surface area (Å²) >= 11 is 0. The Kier molecular flexibility index (Phi) is 5.38. The summed E-state index contributed by atoms with van der Waals surface area (Å²) in [5, 5.41) is 3.11. The summed E-state index contributed by atoms with van der Waals surface area (Å²) in [7, 11) is 1.64. The molecule has 3 rings (SSSR count). The van der Waals surface area contributed by atoms with Crippen molar-refractivity contribution in [1.82, 2.24) is 10.2 Å². The van der Waals surface area contributed by atoms with Gasteiger partial charge < -0.3 is 15.0 Å². The van der Waals surface area contributed by atoms with Crippen molar-refractivity contribution in [3.05, 3.63) is 29.8 Å². The fourth-order valence-electron chi connectivity index (χ4n) is 3.22. The molecule has 0 bridgehead atoms. The Labute approximate surface area is 143 Å². The van der Waals surface area contributed by atoms with Crippen LogP contribution in [0.1, 0.15) is 37.7 Å². The number of hydrogen-bond acceptors (Lipinski definition) is 3.